The van der Waals surface area contributed by atoms with Crippen molar-refractivity contribution in [3.63, 3.8) is 0 Å². The molecule has 0 radical (unpaired) electrons. The Morgan fingerprint density at radius 1 is 1.21 bits per heavy atom. The van der Waals surface area contributed by atoms with Gasteiger partial charge in [-0.3, -0.25) is 9.52 Å². The van der Waals surface area contributed by atoms with Crippen molar-refractivity contribution < 1.29 is 14.3 Å². The van der Waals surface area contributed by atoms with Crippen LogP contribution in [0.4, 0.5) is 5.69 Å². The van der Waals surface area contributed by atoms with E-state index in [4.69, 9.17) is 9.47 Å². The second kappa shape index (κ2) is 11.6. The first-order chi connectivity index (χ1) is 16.1. The minimum Gasteiger partial charge on any atom is -0.495 e. The van der Waals surface area contributed by atoms with Gasteiger partial charge in [-0.05, 0) is 74.3 Å². The second-order valence-electron chi connectivity index (χ2n) is 8.90. The summed E-state index contributed by atoms with van der Waals surface area (Å²) in [5, 5.41) is 3.02. The van der Waals surface area contributed by atoms with E-state index in [0.29, 0.717) is 0 Å². The fourth-order valence-electron chi connectivity index (χ4n) is 3.96. The van der Waals surface area contributed by atoms with Crippen LogP contribution in [0.5, 0.6) is 11.5 Å². The number of fused-ring (bicyclic) bond motifs is 1. The zero-order valence-corrected chi connectivity index (χ0v) is 20.3. The summed E-state index contributed by atoms with van der Waals surface area (Å²) in [5.74, 6) is 3.49. The van der Waals surface area contributed by atoms with Crippen LogP contribution in [0.3, 0.4) is 0 Å². The lowest BCUT2D eigenvalue weighted by Crippen LogP contribution is -2.29. The van der Waals surface area contributed by atoms with Crippen LogP contribution in [0.15, 0.2) is 54.6 Å². The van der Waals surface area contributed by atoms with Crippen LogP contribution in [0.25, 0.3) is 0 Å². The Kier molecular flexibility index (Phi) is 8.35. The minimum atomic E-state index is -0.0268. The zero-order chi connectivity index (χ0) is 23.0. The number of para-hydroxylation sites is 1. The number of nitrogens with one attached hydrogen (secondary N) is 2. The molecule has 0 bridgehead atoms. The number of benzene rings is 2. The fourth-order valence-corrected chi connectivity index (χ4v) is 4.72. The number of amides is 1. The van der Waals surface area contributed by atoms with Crippen molar-refractivity contribution in [2.45, 2.75) is 45.1 Å². The van der Waals surface area contributed by atoms with Crippen molar-refractivity contribution in [1.82, 2.24) is 4.72 Å². The summed E-state index contributed by atoms with van der Waals surface area (Å²) >= 11 is 1.74. The molecule has 2 aromatic rings. The molecule has 1 fully saturated rings. The van der Waals surface area contributed by atoms with E-state index in [1.165, 1.54) is 18.4 Å². The van der Waals surface area contributed by atoms with Crippen LogP contribution < -0.4 is 19.5 Å². The highest BCUT2D eigenvalue weighted by Crippen LogP contribution is 2.35. The lowest BCUT2D eigenvalue weighted by Gasteiger charge is -2.25. The van der Waals surface area contributed by atoms with Crippen LogP contribution in [-0.2, 0) is 11.2 Å². The van der Waals surface area contributed by atoms with Gasteiger partial charge in [0.1, 0.15) is 11.5 Å². The summed E-state index contributed by atoms with van der Waals surface area (Å²) < 4.78 is 14.8. The molecule has 5 nitrogen and oxygen atoms in total. The first-order valence-corrected chi connectivity index (χ1v) is 12.8. The number of ether oxygens (including phenoxy) is 2. The minimum absolute atomic E-state index is 0.0268. The molecule has 2 unspecified atom stereocenters. The molecule has 2 N–H and O–H groups in total. The Morgan fingerprint density at radius 3 is 2.88 bits per heavy atom. The van der Waals surface area contributed by atoms with E-state index < -0.39 is 0 Å². The Morgan fingerprint density at radius 2 is 2.06 bits per heavy atom. The second-order valence-corrected chi connectivity index (χ2v) is 9.83. The quantitative estimate of drug-likeness (QED) is 0.231. The van der Waals surface area contributed by atoms with Crippen molar-refractivity contribution in [3.8, 4) is 11.5 Å². The third kappa shape index (κ3) is 6.78. The summed E-state index contributed by atoms with van der Waals surface area (Å²) in [7, 11) is 1.63. The van der Waals surface area contributed by atoms with Gasteiger partial charge >= 0.3 is 0 Å². The van der Waals surface area contributed by atoms with Gasteiger partial charge in [-0.15, -0.1) is 0 Å². The normalized spacial score (nSPS) is 18.6. The lowest BCUT2D eigenvalue weighted by atomic mass is 9.90. The van der Waals surface area contributed by atoms with Gasteiger partial charge in [0.15, 0.2) is 0 Å². The van der Waals surface area contributed by atoms with Gasteiger partial charge < -0.3 is 14.8 Å². The number of allylic oxidation sites excluding steroid dienone is 2. The molecule has 0 aromatic heterocycles. The third-order valence-corrected chi connectivity index (χ3v) is 7.15. The van der Waals surface area contributed by atoms with E-state index in [-0.39, 0.29) is 17.9 Å². The van der Waals surface area contributed by atoms with Crippen molar-refractivity contribution in [2.75, 3.05) is 24.8 Å². The highest BCUT2D eigenvalue weighted by Gasteiger charge is 2.27. The van der Waals surface area contributed by atoms with Gasteiger partial charge in [0, 0.05) is 17.7 Å². The summed E-state index contributed by atoms with van der Waals surface area (Å²) in [6.07, 6.45) is 9.40. The van der Waals surface area contributed by atoms with Crippen molar-refractivity contribution in [1.29, 1.82) is 0 Å². The van der Waals surface area contributed by atoms with Crippen LogP contribution in [0, 0.1) is 11.8 Å². The third-order valence-electron chi connectivity index (χ3n) is 6.19. The summed E-state index contributed by atoms with van der Waals surface area (Å²) in [6.45, 7) is 3.02. The molecule has 0 saturated heterocycles. The molecule has 1 saturated carbocycles. The number of rotatable bonds is 12. The molecule has 2 atom stereocenters. The number of hydrogen-bond acceptors (Lipinski definition) is 5. The van der Waals surface area contributed by atoms with Gasteiger partial charge in [0.2, 0.25) is 5.91 Å². The van der Waals surface area contributed by atoms with Crippen LogP contribution in [0.1, 0.15) is 49.8 Å². The first kappa shape index (κ1) is 23.7. The van der Waals surface area contributed by atoms with E-state index in [1.807, 2.05) is 18.2 Å². The van der Waals surface area contributed by atoms with Crippen molar-refractivity contribution in [3.05, 3.63) is 65.7 Å². The highest BCUT2D eigenvalue weighted by molar-refractivity contribution is 7.97. The van der Waals surface area contributed by atoms with Gasteiger partial charge in [-0.1, -0.05) is 48.4 Å². The van der Waals surface area contributed by atoms with Crippen molar-refractivity contribution in [2.24, 2.45) is 11.8 Å². The van der Waals surface area contributed by atoms with Crippen molar-refractivity contribution >= 4 is 23.5 Å². The molecule has 4 rings (SSSR count). The fraction of sp³-hybridized carbons (Fsp3) is 0.444. The topological polar surface area (TPSA) is 59.6 Å². The molecule has 176 valence electrons. The number of anilines is 1. The number of hydrogen-bond donors (Lipinski definition) is 2. The lowest BCUT2D eigenvalue weighted by molar-refractivity contribution is -0.120. The summed E-state index contributed by atoms with van der Waals surface area (Å²) in [5.41, 5.74) is 3.21. The first-order valence-electron chi connectivity index (χ1n) is 11.9. The molecule has 6 heteroatoms. The Balaban J connectivity index is 1.15. The van der Waals surface area contributed by atoms with Gasteiger partial charge in [0.25, 0.3) is 0 Å². The molecule has 2 aromatic carbocycles. The molecular formula is C27H34N2O3S. The Labute approximate surface area is 201 Å². The molecule has 0 spiro atoms. The summed E-state index contributed by atoms with van der Waals surface area (Å²) in [6, 6.07) is 14.6. The van der Waals surface area contributed by atoms with E-state index in [0.717, 1.165) is 60.3 Å². The van der Waals surface area contributed by atoms with E-state index >= 15 is 0 Å². The smallest absolute Gasteiger partial charge is 0.228 e. The molecule has 1 aliphatic carbocycles. The zero-order valence-electron chi connectivity index (χ0n) is 19.5. The van der Waals surface area contributed by atoms with E-state index in [9.17, 15) is 4.79 Å². The molecule has 1 amide bonds. The Bertz CT molecular complexity index is 974. The number of carbonyl (C=O) groups is 1. The van der Waals surface area contributed by atoms with Gasteiger partial charge in [-0.25, -0.2) is 0 Å². The van der Waals surface area contributed by atoms with E-state index in [1.54, 1.807) is 19.1 Å². The number of carbonyl (C=O) groups excluding carboxylic acids is 1. The van der Waals surface area contributed by atoms with Crippen LogP contribution in [-0.4, -0.2) is 25.4 Å². The molecule has 1 aliphatic heterocycles. The molecular weight excluding hydrogens is 432 g/mol. The Hall–Kier alpha value is -2.44. The van der Waals surface area contributed by atoms with E-state index in [2.05, 4.69) is 53.4 Å². The average Bonchev–Trinajstić information content (AvgIpc) is 3.66. The number of methoxy groups -OCH3 is 1. The maximum atomic E-state index is 12.5. The van der Waals surface area contributed by atoms with Gasteiger partial charge in [-0.2, -0.15) is 0 Å². The summed E-state index contributed by atoms with van der Waals surface area (Å²) in [4.78, 5) is 12.5. The largest absolute Gasteiger partial charge is 0.495 e. The highest BCUT2D eigenvalue weighted by atomic mass is 32.2. The van der Waals surface area contributed by atoms with Crippen LogP contribution >= 0.6 is 11.9 Å². The maximum Gasteiger partial charge on any atom is 0.228 e. The molecule has 1 heterocycles. The standard InChI is InChI=1S/C27H34N2O3S/c1-19(21-9-6-11-24(17-21)32-18-20-13-14-20)29-33-15-5-3-4-8-23-16-22-10-7-12-25(31-2)26(22)28-27(23)30/h3-4,6-7,9-12,17,19-20,23,29H,5,8,13-16,18H2,1-2H3,(H,28,30)/b4-3+. The molecule has 2 aliphatic rings. The average molecular weight is 467 g/mol. The SMILES string of the molecule is COc1cccc2c1NC(=O)C(C/C=C/CCSNC(C)c1cccc(OCC3CC3)c1)C2. The predicted molar refractivity (Wildman–Crippen MR) is 136 cm³/mol. The van der Waals surface area contributed by atoms with Gasteiger partial charge in [0.05, 0.1) is 19.4 Å². The van der Waals surface area contributed by atoms with Crippen LogP contribution in [0.2, 0.25) is 0 Å². The monoisotopic (exact) mass is 466 g/mol. The molecule has 33 heavy (non-hydrogen) atoms. The maximum absolute atomic E-state index is 12.5. The predicted octanol–water partition coefficient (Wildman–Crippen LogP) is 5.93.